The van der Waals surface area contributed by atoms with Gasteiger partial charge in [-0.2, -0.15) is 0 Å². The topological polar surface area (TPSA) is 99.1 Å². The molecule has 1 heterocycles. The van der Waals surface area contributed by atoms with Gasteiger partial charge in [0.1, 0.15) is 18.3 Å². The minimum absolute atomic E-state index is 0.148. The van der Waals surface area contributed by atoms with E-state index in [1.807, 2.05) is 0 Å². The molecule has 1 saturated heterocycles. The number of carbonyl (C=O) groups is 3. The maximum atomic E-state index is 12.1. The van der Waals surface area contributed by atoms with E-state index in [2.05, 4.69) is 13.2 Å². The van der Waals surface area contributed by atoms with Crippen LogP contribution in [-0.2, 0) is 28.6 Å². The number of hydrogen-bond donors (Lipinski definition) is 1. The number of aliphatic hydroxyl groups excluding tert-OH is 1. The molecule has 7 atom stereocenters. The Morgan fingerprint density at radius 3 is 2.38 bits per heavy atom. The maximum Gasteiger partial charge on any atom is 0.334 e. The quantitative estimate of drug-likeness (QED) is 0.341. The molecule has 2 saturated carbocycles. The van der Waals surface area contributed by atoms with Crippen LogP contribution in [0.5, 0.6) is 0 Å². The van der Waals surface area contributed by atoms with Crippen LogP contribution in [0.2, 0.25) is 0 Å². The highest BCUT2D eigenvalue weighted by atomic mass is 16.6. The van der Waals surface area contributed by atoms with Crippen molar-refractivity contribution >= 4 is 17.9 Å². The van der Waals surface area contributed by atoms with Gasteiger partial charge >= 0.3 is 17.9 Å². The van der Waals surface area contributed by atoms with Gasteiger partial charge < -0.3 is 19.3 Å². The Morgan fingerprint density at radius 1 is 1.19 bits per heavy atom. The highest BCUT2D eigenvalue weighted by Gasteiger charge is 2.65. The second-order valence-electron chi connectivity index (χ2n) is 7.60. The molecule has 2 aliphatic carbocycles. The molecule has 7 nitrogen and oxygen atoms in total. The number of rotatable bonds is 2. The summed E-state index contributed by atoms with van der Waals surface area (Å²) in [5.41, 5.74) is -0.0284. The van der Waals surface area contributed by atoms with E-state index in [9.17, 15) is 19.5 Å². The monoisotopic (exact) mass is 364 g/mol. The maximum absolute atomic E-state index is 12.1. The number of ether oxygens (including phenoxy) is 3. The summed E-state index contributed by atoms with van der Waals surface area (Å²) in [6.07, 6.45) is -2.35. The number of esters is 3. The van der Waals surface area contributed by atoms with Crippen molar-refractivity contribution in [2.24, 2.45) is 17.3 Å². The Balaban J connectivity index is 2.05. The van der Waals surface area contributed by atoms with E-state index in [1.165, 1.54) is 13.8 Å². The average molecular weight is 364 g/mol. The van der Waals surface area contributed by atoms with Crippen LogP contribution in [0, 0.1) is 17.3 Å². The second-order valence-corrected chi connectivity index (χ2v) is 7.60. The molecular formula is C19H24O7. The molecule has 3 fully saturated rings. The summed E-state index contributed by atoms with van der Waals surface area (Å²) in [5, 5.41) is 10.9. The van der Waals surface area contributed by atoms with Gasteiger partial charge in [-0.05, 0) is 12.0 Å². The normalized spacial score (nSPS) is 41.8. The molecule has 1 aliphatic heterocycles. The molecule has 3 aliphatic rings. The lowest BCUT2D eigenvalue weighted by Gasteiger charge is -2.56. The van der Waals surface area contributed by atoms with E-state index < -0.39 is 53.7 Å². The van der Waals surface area contributed by atoms with E-state index in [0.717, 1.165) is 0 Å². The van der Waals surface area contributed by atoms with Crippen molar-refractivity contribution in [2.75, 3.05) is 0 Å². The second kappa shape index (κ2) is 6.23. The van der Waals surface area contributed by atoms with Crippen molar-refractivity contribution in [3.8, 4) is 0 Å². The van der Waals surface area contributed by atoms with Crippen LogP contribution in [0.15, 0.2) is 24.3 Å². The van der Waals surface area contributed by atoms with Gasteiger partial charge in [-0.25, -0.2) is 4.79 Å². The van der Waals surface area contributed by atoms with Crippen molar-refractivity contribution in [3.63, 3.8) is 0 Å². The van der Waals surface area contributed by atoms with Crippen LogP contribution in [0.4, 0.5) is 0 Å². The van der Waals surface area contributed by atoms with Crippen LogP contribution in [-0.4, -0.2) is 47.4 Å². The molecule has 26 heavy (non-hydrogen) atoms. The lowest BCUT2D eigenvalue weighted by Crippen LogP contribution is -2.63. The predicted molar refractivity (Wildman–Crippen MR) is 89.6 cm³/mol. The largest absolute Gasteiger partial charge is 0.462 e. The lowest BCUT2D eigenvalue weighted by molar-refractivity contribution is -0.204. The van der Waals surface area contributed by atoms with E-state index in [-0.39, 0.29) is 12.3 Å². The first-order chi connectivity index (χ1) is 12.1. The van der Waals surface area contributed by atoms with Crippen LogP contribution >= 0.6 is 0 Å². The van der Waals surface area contributed by atoms with Crippen LogP contribution in [0.25, 0.3) is 0 Å². The molecular weight excluding hydrogens is 340 g/mol. The van der Waals surface area contributed by atoms with Crippen LogP contribution in [0.1, 0.15) is 33.6 Å². The molecule has 0 aromatic heterocycles. The van der Waals surface area contributed by atoms with Gasteiger partial charge in [0, 0.05) is 43.1 Å². The smallest absolute Gasteiger partial charge is 0.334 e. The summed E-state index contributed by atoms with van der Waals surface area (Å²) in [7, 11) is 0. The van der Waals surface area contributed by atoms with Gasteiger partial charge in [0.2, 0.25) is 0 Å². The van der Waals surface area contributed by atoms with Crippen LogP contribution < -0.4 is 0 Å². The first-order valence-electron chi connectivity index (χ1n) is 8.68. The van der Waals surface area contributed by atoms with Crippen molar-refractivity contribution in [3.05, 3.63) is 24.3 Å². The zero-order valence-electron chi connectivity index (χ0n) is 15.2. The summed E-state index contributed by atoms with van der Waals surface area (Å²) >= 11 is 0. The van der Waals surface area contributed by atoms with Gasteiger partial charge in [-0.1, -0.05) is 20.1 Å². The molecule has 0 radical (unpaired) electrons. The Hall–Kier alpha value is -2.15. The SMILES string of the molecule is C=C1[C@@H]2[C@H]3OC(=O)C(=C)[C@@H]3C[C@@H](OC(C)=O)[C@@]2(C)[C@@H](O)C[C@H]1OC(C)=O. The standard InChI is InChI=1S/C19H24O7/c1-8-12-6-15(25-11(4)21)19(5)14(22)7-13(24-10(3)20)9(2)16(19)17(12)26-18(8)23/h12-17,22H,1-2,6-7H2,3-5H3/t12-,13+,14-,15+,16+,17-,19+/m0/s1. The Kier molecular flexibility index (Phi) is 4.46. The summed E-state index contributed by atoms with van der Waals surface area (Å²) in [6, 6.07) is 0. The molecule has 0 amide bonds. The molecule has 0 unspecified atom stereocenters. The minimum Gasteiger partial charge on any atom is -0.462 e. The van der Waals surface area contributed by atoms with Gasteiger partial charge in [-0.3, -0.25) is 9.59 Å². The third-order valence-corrected chi connectivity index (χ3v) is 6.09. The van der Waals surface area contributed by atoms with E-state index in [1.54, 1.807) is 6.92 Å². The molecule has 0 bridgehead atoms. The third-order valence-electron chi connectivity index (χ3n) is 6.09. The minimum atomic E-state index is -0.930. The third kappa shape index (κ3) is 2.65. The first kappa shape index (κ1) is 18.6. The lowest BCUT2D eigenvalue weighted by atomic mass is 9.52. The molecule has 142 valence electrons. The van der Waals surface area contributed by atoms with Crippen molar-refractivity contribution in [1.82, 2.24) is 0 Å². The van der Waals surface area contributed by atoms with Crippen molar-refractivity contribution in [1.29, 1.82) is 0 Å². The summed E-state index contributed by atoms with van der Waals surface area (Å²) in [6.45, 7) is 12.3. The molecule has 1 N–H and O–H groups in total. The average Bonchev–Trinajstić information content (AvgIpc) is 2.79. The van der Waals surface area contributed by atoms with Gasteiger partial charge in [-0.15, -0.1) is 0 Å². The van der Waals surface area contributed by atoms with Crippen LogP contribution in [0.3, 0.4) is 0 Å². The number of fused-ring (bicyclic) bond motifs is 3. The predicted octanol–water partition coefficient (Wildman–Crippen LogP) is 1.29. The van der Waals surface area contributed by atoms with Crippen molar-refractivity contribution < 1.29 is 33.7 Å². The zero-order valence-corrected chi connectivity index (χ0v) is 15.2. The fraction of sp³-hybridized carbons (Fsp3) is 0.632. The van der Waals surface area contributed by atoms with E-state index >= 15 is 0 Å². The highest BCUT2D eigenvalue weighted by Crippen LogP contribution is 2.58. The Bertz CT molecular complexity index is 696. The Morgan fingerprint density at radius 2 is 1.81 bits per heavy atom. The molecule has 0 aromatic carbocycles. The highest BCUT2D eigenvalue weighted by molar-refractivity contribution is 5.91. The molecule has 0 aromatic rings. The number of hydrogen-bond acceptors (Lipinski definition) is 7. The summed E-state index contributed by atoms with van der Waals surface area (Å²) in [5.74, 6) is -2.32. The molecule has 0 spiro atoms. The molecule has 7 heteroatoms. The van der Waals surface area contributed by atoms with Crippen molar-refractivity contribution in [2.45, 2.75) is 58.0 Å². The van der Waals surface area contributed by atoms with E-state index in [4.69, 9.17) is 14.2 Å². The van der Waals surface area contributed by atoms with Gasteiger partial charge in [0.05, 0.1) is 6.10 Å². The fourth-order valence-corrected chi connectivity index (χ4v) is 4.79. The number of carbonyl (C=O) groups excluding carboxylic acids is 3. The van der Waals surface area contributed by atoms with Gasteiger partial charge in [0.15, 0.2) is 0 Å². The Labute approximate surface area is 152 Å². The number of aliphatic hydroxyl groups is 1. The summed E-state index contributed by atoms with van der Waals surface area (Å²) < 4.78 is 16.4. The van der Waals surface area contributed by atoms with E-state index in [0.29, 0.717) is 17.6 Å². The fourth-order valence-electron chi connectivity index (χ4n) is 4.79. The summed E-state index contributed by atoms with van der Waals surface area (Å²) in [4.78, 5) is 35.2. The first-order valence-corrected chi connectivity index (χ1v) is 8.68. The zero-order chi connectivity index (χ0) is 19.4. The van der Waals surface area contributed by atoms with Gasteiger partial charge in [0.25, 0.3) is 0 Å². The molecule has 3 rings (SSSR count).